The molecule has 2 atom stereocenters. The van der Waals surface area contributed by atoms with Gasteiger partial charge in [-0.05, 0) is 25.7 Å². The molecule has 5 heteroatoms. The maximum atomic E-state index is 12.2. The first kappa shape index (κ1) is 15.4. The van der Waals surface area contributed by atoms with Gasteiger partial charge in [0.15, 0.2) is 0 Å². The van der Waals surface area contributed by atoms with Crippen LogP contribution in [-0.2, 0) is 4.79 Å². The van der Waals surface area contributed by atoms with Crippen molar-refractivity contribution in [3.63, 3.8) is 0 Å². The Labute approximate surface area is 114 Å². The zero-order chi connectivity index (χ0) is 14.3. The van der Waals surface area contributed by atoms with Crippen LogP contribution >= 0.6 is 0 Å². The molecular weight excluding hydrogens is 244 g/mol. The molecule has 0 saturated carbocycles. The summed E-state index contributed by atoms with van der Waals surface area (Å²) in [7, 11) is 0. The Balaban J connectivity index is 2.61. The minimum absolute atomic E-state index is 0.0132. The highest BCUT2D eigenvalue weighted by atomic mass is 16.4. The molecule has 0 aromatic heterocycles. The van der Waals surface area contributed by atoms with Gasteiger partial charge >= 0.3 is 12.0 Å². The third-order valence-electron chi connectivity index (χ3n) is 3.48. The van der Waals surface area contributed by atoms with Gasteiger partial charge in [0.2, 0.25) is 0 Å². The molecule has 0 bridgehead atoms. The number of aliphatic carboxylic acids is 1. The molecule has 1 aliphatic heterocycles. The summed E-state index contributed by atoms with van der Waals surface area (Å²) in [6.07, 6.45) is 9.20. The standard InChI is InChI=1S/C14H22N2O3/c1-3-7-11(4-2)15-14(19)16-9-6-5-8-12(16)10-13(17)18/h1,11-12H,4-10H2,2H3,(H,15,19)(H,17,18). The predicted octanol–water partition coefficient (Wildman–Crippen LogP) is 1.83. The van der Waals surface area contributed by atoms with Gasteiger partial charge in [-0.2, -0.15) is 0 Å². The van der Waals surface area contributed by atoms with E-state index in [0.29, 0.717) is 13.0 Å². The van der Waals surface area contributed by atoms with E-state index in [2.05, 4.69) is 11.2 Å². The predicted molar refractivity (Wildman–Crippen MR) is 72.7 cm³/mol. The van der Waals surface area contributed by atoms with Gasteiger partial charge < -0.3 is 15.3 Å². The molecule has 2 amide bonds. The summed E-state index contributed by atoms with van der Waals surface area (Å²) in [6, 6.07) is -0.424. The lowest BCUT2D eigenvalue weighted by Crippen LogP contribution is -2.51. The van der Waals surface area contributed by atoms with Gasteiger partial charge in [-0.1, -0.05) is 6.92 Å². The van der Waals surface area contributed by atoms with Gasteiger partial charge in [0.25, 0.3) is 0 Å². The second-order valence-corrected chi connectivity index (χ2v) is 4.90. The summed E-state index contributed by atoms with van der Waals surface area (Å²) in [6.45, 7) is 2.59. The van der Waals surface area contributed by atoms with Crippen LogP contribution in [0.4, 0.5) is 4.79 Å². The largest absolute Gasteiger partial charge is 0.481 e. The normalized spacial score (nSPS) is 20.4. The molecule has 106 valence electrons. The van der Waals surface area contributed by atoms with Crippen molar-refractivity contribution in [1.82, 2.24) is 10.2 Å². The molecule has 2 N–H and O–H groups in total. The van der Waals surface area contributed by atoms with Crippen molar-refractivity contribution >= 4 is 12.0 Å². The molecule has 0 aromatic rings. The third-order valence-corrected chi connectivity index (χ3v) is 3.48. The first-order chi connectivity index (χ1) is 9.08. The monoisotopic (exact) mass is 266 g/mol. The van der Waals surface area contributed by atoms with Crippen molar-refractivity contribution in [2.75, 3.05) is 6.54 Å². The fourth-order valence-electron chi connectivity index (χ4n) is 2.38. The smallest absolute Gasteiger partial charge is 0.317 e. The molecule has 0 spiro atoms. The number of nitrogens with zero attached hydrogens (tertiary/aromatic N) is 1. The number of rotatable bonds is 5. The Morgan fingerprint density at radius 2 is 2.26 bits per heavy atom. The number of likely N-dealkylation sites (tertiary alicyclic amines) is 1. The fourth-order valence-corrected chi connectivity index (χ4v) is 2.38. The van der Waals surface area contributed by atoms with E-state index in [-0.39, 0.29) is 24.5 Å². The van der Waals surface area contributed by atoms with Crippen LogP contribution in [-0.4, -0.2) is 40.6 Å². The molecular formula is C14H22N2O3. The average molecular weight is 266 g/mol. The zero-order valence-corrected chi connectivity index (χ0v) is 11.4. The van der Waals surface area contributed by atoms with Crippen LogP contribution in [0, 0.1) is 12.3 Å². The van der Waals surface area contributed by atoms with Crippen molar-refractivity contribution in [3.05, 3.63) is 0 Å². The number of urea groups is 1. The van der Waals surface area contributed by atoms with Gasteiger partial charge in [0.1, 0.15) is 0 Å². The molecule has 0 aliphatic carbocycles. The highest BCUT2D eigenvalue weighted by molar-refractivity contribution is 5.76. The van der Waals surface area contributed by atoms with Gasteiger partial charge in [0, 0.05) is 25.0 Å². The highest BCUT2D eigenvalue weighted by Crippen LogP contribution is 2.20. The van der Waals surface area contributed by atoms with Crippen LogP contribution in [0.1, 0.15) is 45.4 Å². The van der Waals surface area contributed by atoms with Crippen molar-refractivity contribution in [2.24, 2.45) is 0 Å². The minimum atomic E-state index is -0.861. The van der Waals surface area contributed by atoms with E-state index in [1.165, 1.54) is 0 Å². The Bertz CT molecular complexity index is 362. The Hall–Kier alpha value is -1.70. The molecule has 19 heavy (non-hydrogen) atoms. The number of carbonyl (C=O) groups is 2. The molecule has 1 rings (SSSR count). The summed E-state index contributed by atoms with van der Waals surface area (Å²) in [5.41, 5.74) is 0. The van der Waals surface area contributed by atoms with Gasteiger partial charge in [0.05, 0.1) is 6.42 Å². The Kier molecular flexibility index (Phi) is 6.20. The van der Waals surface area contributed by atoms with Crippen LogP contribution in [0.15, 0.2) is 0 Å². The van der Waals surface area contributed by atoms with E-state index >= 15 is 0 Å². The van der Waals surface area contributed by atoms with Crippen LogP contribution < -0.4 is 5.32 Å². The molecule has 1 saturated heterocycles. The molecule has 5 nitrogen and oxygen atoms in total. The number of carboxylic acids is 1. The van der Waals surface area contributed by atoms with Crippen LogP contribution in [0.3, 0.4) is 0 Å². The lowest BCUT2D eigenvalue weighted by atomic mass is 10.00. The fraction of sp³-hybridized carbons (Fsp3) is 0.714. The summed E-state index contributed by atoms with van der Waals surface area (Å²) in [5.74, 6) is 1.68. The van der Waals surface area contributed by atoms with Crippen molar-refractivity contribution in [1.29, 1.82) is 0 Å². The maximum Gasteiger partial charge on any atom is 0.317 e. The van der Waals surface area contributed by atoms with E-state index in [9.17, 15) is 9.59 Å². The number of hydrogen-bond donors (Lipinski definition) is 2. The van der Waals surface area contributed by atoms with E-state index in [0.717, 1.165) is 25.7 Å². The van der Waals surface area contributed by atoms with E-state index < -0.39 is 5.97 Å². The Morgan fingerprint density at radius 3 is 2.84 bits per heavy atom. The average Bonchev–Trinajstić information content (AvgIpc) is 2.38. The lowest BCUT2D eigenvalue weighted by Gasteiger charge is -2.35. The van der Waals surface area contributed by atoms with E-state index in [1.54, 1.807) is 4.90 Å². The number of carbonyl (C=O) groups excluding carboxylic acids is 1. The molecule has 0 aromatic carbocycles. The van der Waals surface area contributed by atoms with Crippen LogP contribution in [0.5, 0.6) is 0 Å². The molecule has 1 heterocycles. The number of nitrogens with one attached hydrogen (secondary N) is 1. The van der Waals surface area contributed by atoms with Crippen LogP contribution in [0.2, 0.25) is 0 Å². The van der Waals surface area contributed by atoms with Gasteiger partial charge in [-0.25, -0.2) is 4.79 Å². The Morgan fingerprint density at radius 1 is 1.53 bits per heavy atom. The third kappa shape index (κ3) is 4.82. The van der Waals surface area contributed by atoms with E-state index in [4.69, 9.17) is 11.5 Å². The summed E-state index contributed by atoms with van der Waals surface area (Å²) in [5, 5.41) is 11.8. The van der Waals surface area contributed by atoms with Crippen LogP contribution in [0.25, 0.3) is 0 Å². The number of hydrogen-bond acceptors (Lipinski definition) is 2. The van der Waals surface area contributed by atoms with Crippen molar-refractivity contribution in [2.45, 2.75) is 57.5 Å². The second kappa shape index (κ2) is 7.67. The molecule has 1 aliphatic rings. The summed E-state index contributed by atoms with van der Waals surface area (Å²) >= 11 is 0. The summed E-state index contributed by atoms with van der Waals surface area (Å²) in [4.78, 5) is 24.7. The van der Waals surface area contributed by atoms with Crippen molar-refractivity contribution < 1.29 is 14.7 Å². The zero-order valence-electron chi connectivity index (χ0n) is 11.4. The minimum Gasteiger partial charge on any atom is -0.481 e. The lowest BCUT2D eigenvalue weighted by molar-refractivity contribution is -0.138. The molecule has 1 fully saturated rings. The van der Waals surface area contributed by atoms with E-state index in [1.807, 2.05) is 6.92 Å². The first-order valence-electron chi connectivity index (χ1n) is 6.80. The second-order valence-electron chi connectivity index (χ2n) is 4.90. The highest BCUT2D eigenvalue weighted by Gasteiger charge is 2.29. The quantitative estimate of drug-likeness (QED) is 0.746. The number of carboxylic acid groups (broad SMARTS) is 1. The summed E-state index contributed by atoms with van der Waals surface area (Å²) < 4.78 is 0. The number of amides is 2. The first-order valence-corrected chi connectivity index (χ1v) is 6.80. The van der Waals surface area contributed by atoms with Gasteiger partial charge in [-0.15, -0.1) is 12.3 Å². The topological polar surface area (TPSA) is 69.6 Å². The number of terminal acetylenes is 1. The molecule has 2 unspecified atom stereocenters. The maximum absolute atomic E-state index is 12.2. The van der Waals surface area contributed by atoms with Crippen molar-refractivity contribution in [3.8, 4) is 12.3 Å². The van der Waals surface area contributed by atoms with Gasteiger partial charge in [-0.3, -0.25) is 4.79 Å². The molecule has 0 radical (unpaired) electrons. The SMILES string of the molecule is C#CCC(CC)NC(=O)N1CCCCC1CC(=O)O. The number of piperidine rings is 1.